The summed E-state index contributed by atoms with van der Waals surface area (Å²) >= 11 is 6.16. The zero-order chi connectivity index (χ0) is 24.9. The van der Waals surface area contributed by atoms with Crippen LogP contribution < -0.4 is 26.0 Å². The van der Waals surface area contributed by atoms with E-state index in [0.29, 0.717) is 10.2 Å². The average Bonchev–Trinajstić information content (AvgIpc) is 2.84. The summed E-state index contributed by atoms with van der Waals surface area (Å²) in [5.74, 6) is -0.965. The molecule has 1 amide bonds. The largest absolute Gasteiger partial charge is 0.493 e. The van der Waals surface area contributed by atoms with E-state index in [0.717, 1.165) is 0 Å². The summed E-state index contributed by atoms with van der Waals surface area (Å²) in [6, 6.07) is 15.1. The lowest BCUT2D eigenvalue weighted by molar-refractivity contribution is -0.118. The number of halogens is 2. The first kappa shape index (κ1) is 23.7. The van der Waals surface area contributed by atoms with Crippen LogP contribution in [0.1, 0.15) is 5.56 Å². The van der Waals surface area contributed by atoms with E-state index in [1.54, 1.807) is 30.3 Å². The molecule has 0 aliphatic rings. The Balaban J connectivity index is 1.64. The molecule has 0 aliphatic carbocycles. The standard InChI is InChI=1S/C24H18ClFN4O5/c1-34-20-11-15(25)10-14(22(20)35-13-21(31)28-19-9-5-3-7-17(19)26)12-27-30-23(32)16-6-2-4-8-18(16)29-24(30)33/h2-12H,13H2,1H3,(H,28,31)(H,29,33). The number of carbonyl (C=O) groups is 1. The van der Waals surface area contributed by atoms with Crippen LogP contribution in [0.2, 0.25) is 5.02 Å². The van der Waals surface area contributed by atoms with Crippen molar-refractivity contribution in [2.45, 2.75) is 0 Å². The summed E-state index contributed by atoms with van der Waals surface area (Å²) in [7, 11) is 1.37. The highest BCUT2D eigenvalue weighted by Crippen LogP contribution is 2.34. The number of methoxy groups -OCH3 is 1. The minimum atomic E-state index is -0.745. The predicted octanol–water partition coefficient (Wildman–Crippen LogP) is 3.39. The number of anilines is 1. The van der Waals surface area contributed by atoms with Gasteiger partial charge in [0.15, 0.2) is 18.1 Å². The van der Waals surface area contributed by atoms with Gasteiger partial charge in [0.1, 0.15) is 5.82 Å². The number of rotatable bonds is 7. The number of aromatic amines is 1. The van der Waals surface area contributed by atoms with Gasteiger partial charge in [0, 0.05) is 16.7 Å². The summed E-state index contributed by atoms with van der Waals surface area (Å²) in [4.78, 5) is 40.0. The number of carbonyl (C=O) groups excluding carboxylic acids is 1. The lowest BCUT2D eigenvalue weighted by Crippen LogP contribution is -2.32. The Morgan fingerprint density at radius 3 is 2.69 bits per heavy atom. The zero-order valence-electron chi connectivity index (χ0n) is 18.2. The molecule has 0 saturated heterocycles. The maximum Gasteiger partial charge on any atom is 0.349 e. The van der Waals surface area contributed by atoms with Gasteiger partial charge in [-0.15, -0.1) is 4.68 Å². The minimum Gasteiger partial charge on any atom is -0.493 e. The molecular weight excluding hydrogens is 479 g/mol. The molecule has 35 heavy (non-hydrogen) atoms. The van der Waals surface area contributed by atoms with Crippen molar-refractivity contribution in [3.8, 4) is 11.5 Å². The van der Waals surface area contributed by atoms with Crippen LogP contribution in [-0.2, 0) is 4.79 Å². The number of amides is 1. The van der Waals surface area contributed by atoms with Gasteiger partial charge >= 0.3 is 5.69 Å². The third kappa shape index (κ3) is 5.22. The van der Waals surface area contributed by atoms with Crippen molar-refractivity contribution in [3.05, 3.63) is 97.9 Å². The molecule has 0 unspecified atom stereocenters. The average molecular weight is 497 g/mol. The summed E-state index contributed by atoms with van der Waals surface area (Å²) in [5.41, 5.74) is -0.761. The van der Waals surface area contributed by atoms with E-state index in [-0.39, 0.29) is 33.2 Å². The number of hydrogen-bond donors (Lipinski definition) is 2. The highest BCUT2D eigenvalue weighted by molar-refractivity contribution is 6.31. The highest BCUT2D eigenvalue weighted by Gasteiger charge is 2.15. The van der Waals surface area contributed by atoms with Gasteiger partial charge in [0.25, 0.3) is 11.5 Å². The molecule has 4 rings (SSSR count). The summed E-state index contributed by atoms with van der Waals surface area (Å²) in [6.07, 6.45) is 1.18. The Kier molecular flexibility index (Phi) is 6.93. The molecule has 0 fully saturated rings. The molecule has 0 radical (unpaired) electrons. The number of ether oxygens (including phenoxy) is 2. The molecule has 178 valence electrons. The van der Waals surface area contributed by atoms with Crippen molar-refractivity contribution in [2.24, 2.45) is 5.10 Å². The van der Waals surface area contributed by atoms with Crippen LogP contribution in [0.5, 0.6) is 11.5 Å². The van der Waals surface area contributed by atoms with Gasteiger partial charge in [0.2, 0.25) is 0 Å². The molecule has 3 aromatic carbocycles. The number of nitrogens with one attached hydrogen (secondary N) is 2. The number of para-hydroxylation sites is 2. The van der Waals surface area contributed by atoms with Crippen LogP contribution in [0.4, 0.5) is 10.1 Å². The van der Waals surface area contributed by atoms with E-state index in [2.05, 4.69) is 15.4 Å². The van der Waals surface area contributed by atoms with Crippen LogP contribution in [0.15, 0.2) is 75.4 Å². The van der Waals surface area contributed by atoms with Gasteiger partial charge in [-0.1, -0.05) is 35.9 Å². The number of benzene rings is 3. The van der Waals surface area contributed by atoms with Crippen molar-refractivity contribution < 1.29 is 18.7 Å². The van der Waals surface area contributed by atoms with E-state index in [9.17, 15) is 18.8 Å². The topological polar surface area (TPSA) is 115 Å². The second kappa shape index (κ2) is 10.2. The maximum absolute atomic E-state index is 13.8. The van der Waals surface area contributed by atoms with E-state index in [1.165, 1.54) is 43.7 Å². The van der Waals surface area contributed by atoms with Crippen LogP contribution in [-0.4, -0.2) is 35.5 Å². The van der Waals surface area contributed by atoms with Gasteiger partial charge < -0.3 is 19.8 Å². The summed E-state index contributed by atoms with van der Waals surface area (Å²) in [5, 5.41) is 6.94. The molecule has 0 spiro atoms. The van der Waals surface area contributed by atoms with Gasteiger partial charge in [-0.3, -0.25) is 9.59 Å². The van der Waals surface area contributed by atoms with Crippen molar-refractivity contribution in [3.63, 3.8) is 0 Å². The van der Waals surface area contributed by atoms with Gasteiger partial charge in [-0.05, 0) is 30.3 Å². The quantitative estimate of drug-likeness (QED) is 0.381. The minimum absolute atomic E-state index is 0.000798. The second-order valence-electron chi connectivity index (χ2n) is 7.18. The molecule has 9 nitrogen and oxygen atoms in total. The highest BCUT2D eigenvalue weighted by atomic mass is 35.5. The maximum atomic E-state index is 13.8. The molecule has 11 heteroatoms. The molecular formula is C24H18ClFN4O5. The SMILES string of the molecule is COc1cc(Cl)cc(C=Nn2c(=O)[nH]c3ccccc3c2=O)c1OCC(=O)Nc1ccccc1F. The normalized spacial score (nSPS) is 11.1. The molecule has 0 bridgehead atoms. The fourth-order valence-corrected chi connectivity index (χ4v) is 3.47. The Labute approximate surface area is 202 Å². The molecule has 4 aromatic rings. The second-order valence-corrected chi connectivity index (χ2v) is 7.62. The number of nitrogens with zero attached hydrogens (tertiary/aromatic N) is 2. The van der Waals surface area contributed by atoms with Crippen LogP contribution in [0.25, 0.3) is 10.9 Å². The summed E-state index contributed by atoms with van der Waals surface area (Å²) < 4.78 is 25.4. The molecule has 2 N–H and O–H groups in total. The Bertz CT molecular complexity index is 1560. The van der Waals surface area contributed by atoms with Crippen molar-refractivity contribution >= 4 is 40.3 Å². The lowest BCUT2D eigenvalue weighted by atomic mass is 10.2. The van der Waals surface area contributed by atoms with Gasteiger partial charge in [-0.25, -0.2) is 9.18 Å². The number of fused-ring (bicyclic) bond motifs is 1. The number of aromatic nitrogens is 2. The monoisotopic (exact) mass is 496 g/mol. The van der Waals surface area contributed by atoms with E-state index in [4.69, 9.17) is 21.1 Å². The first-order chi connectivity index (χ1) is 16.9. The first-order valence-corrected chi connectivity index (χ1v) is 10.6. The van der Waals surface area contributed by atoms with Gasteiger partial charge in [0.05, 0.1) is 29.9 Å². The zero-order valence-corrected chi connectivity index (χ0v) is 19.0. The molecule has 0 saturated carbocycles. The molecule has 0 aliphatic heterocycles. The summed E-state index contributed by atoms with van der Waals surface area (Å²) in [6.45, 7) is -0.496. The van der Waals surface area contributed by atoms with Crippen molar-refractivity contribution in [1.29, 1.82) is 0 Å². The fourth-order valence-electron chi connectivity index (χ4n) is 3.26. The predicted molar refractivity (Wildman–Crippen MR) is 130 cm³/mol. The molecule has 1 aromatic heterocycles. The third-order valence-corrected chi connectivity index (χ3v) is 5.08. The fraction of sp³-hybridized carbons (Fsp3) is 0.0833. The molecule has 1 heterocycles. The molecule has 0 atom stereocenters. The van der Waals surface area contributed by atoms with Gasteiger partial charge in [-0.2, -0.15) is 5.10 Å². The van der Waals surface area contributed by atoms with Crippen molar-refractivity contribution in [1.82, 2.24) is 9.66 Å². The van der Waals surface area contributed by atoms with Crippen LogP contribution >= 0.6 is 11.6 Å². The Hall–Kier alpha value is -4.44. The van der Waals surface area contributed by atoms with Crippen LogP contribution in [0.3, 0.4) is 0 Å². The van der Waals surface area contributed by atoms with E-state index < -0.39 is 29.6 Å². The van der Waals surface area contributed by atoms with Crippen molar-refractivity contribution in [2.75, 3.05) is 19.0 Å². The smallest absolute Gasteiger partial charge is 0.349 e. The van der Waals surface area contributed by atoms with E-state index in [1.807, 2.05) is 0 Å². The third-order valence-electron chi connectivity index (χ3n) is 4.86. The lowest BCUT2D eigenvalue weighted by Gasteiger charge is -2.14. The Morgan fingerprint density at radius 1 is 1.17 bits per heavy atom. The number of hydrogen-bond acceptors (Lipinski definition) is 6. The van der Waals surface area contributed by atoms with Crippen LogP contribution in [0, 0.1) is 5.82 Å². The first-order valence-electron chi connectivity index (χ1n) is 10.2. The number of H-pyrrole nitrogens is 1. The van der Waals surface area contributed by atoms with E-state index >= 15 is 0 Å². The Morgan fingerprint density at radius 2 is 1.91 bits per heavy atom.